The van der Waals surface area contributed by atoms with Gasteiger partial charge in [-0.2, -0.15) is 0 Å². The second kappa shape index (κ2) is 2.88. The van der Waals surface area contributed by atoms with Crippen LogP contribution in [0, 0.1) is 0 Å². The van der Waals surface area contributed by atoms with Gasteiger partial charge in [-0.25, -0.2) is 9.97 Å². The van der Waals surface area contributed by atoms with Crippen molar-refractivity contribution in [1.29, 1.82) is 0 Å². The number of anilines is 1. The van der Waals surface area contributed by atoms with Crippen LogP contribution in [0.25, 0.3) is 16.8 Å². The summed E-state index contributed by atoms with van der Waals surface area (Å²) in [6.45, 7) is 0.196. The van der Waals surface area contributed by atoms with Crippen molar-refractivity contribution in [1.82, 2.24) is 15.0 Å². The van der Waals surface area contributed by atoms with Gasteiger partial charge in [0.05, 0.1) is 5.39 Å². The van der Waals surface area contributed by atoms with Crippen molar-refractivity contribution in [3.05, 3.63) is 24.3 Å². The zero-order valence-electron chi connectivity index (χ0n) is 7.73. The second-order valence-corrected chi connectivity index (χ2v) is 3.08. The van der Waals surface area contributed by atoms with Crippen LogP contribution in [0.3, 0.4) is 0 Å². The minimum Gasteiger partial charge on any atom is -0.461 e. The van der Waals surface area contributed by atoms with E-state index in [0.29, 0.717) is 23.0 Å². The van der Waals surface area contributed by atoms with Crippen LogP contribution in [0.5, 0.6) is 0 Å². The van der Waals surface area contributed by atoms with E-state index in [1.54, 1.807) is 6.20 Å². The van der Waals surface area contributed by atoms with E-state index in [9.17, 15) is 0 Å². The number of H-pyrrole nitrogens is 1. The average Bonchev–Trinajstić information content (AvgIpc) is 2.88. The fourth-order valence-electron chi connectivity index (χ4n) is 1.43. The largest absolute Gasteiger partial charge is 0.461 e. The molecule has 1 aliphatic heterocycles. The molecule has 0 amide bonds. The lowest BCUT2D eigenvalue weighted by Crippen LogP contribution is -2.00. The first kappa shape index (κ1) is 8.10. The highest BCUT2D eigenvalue weighted by Gasteiger charge is 2.15. The standard InChI is InChI=1S/C9H8N4O2/c10-7-5-1-2-11-8(5)13-9(12-7)6-3-14-4-15-6/h1-3H,4H2,(H3,10,11,12,13). The fourth-order valence-corrected chi connectivity index (χ4v) is 1.43. The third kappa shape index (κ3) is 1.18. The molecule has 3 rings (SSSR count). The van der Waals surface area contributed by atoms with Gasteiger partial charge in [0.15, 0.2) is 0 Å². The Kier molecular flexibility index (Phi) is 1.55. The van der Waals surface area contributed by atoms with E-state index >= 15 is 0 Å². The van der Waals surface area contributed by atoms with Crippen LogP contribution in [-0.4, -0.2) is 21.7 Å². The van der Waals surface area contributed by atoms with Crippen molar-refractivity contribution in [2.24, 2.45) is 0 Å². The predicted octanol–water partition coefficient (Wildman–Crippen LogP) is 0.843. The molecule has 6 nitrogen and oxygen atoms in total. The Morgan fingerprint density at radius 3 is 3.13 bits per heavy atom. The van der Waals surface area contributed by atoms with Crippen molar-refractivity contribution in [3.8, 4) is 0 Å². The molecule has 0 saturated carbocycles. The summed E-state index contributed by atoms with van der Waals surface area (Å²) in [7, 11) is 0. The highest BCUT2D eigenvalue weighted by molar-refractivity contribution is 5.86. The van der Waals surface area contributed by atoms with Crippen molar-refractivity contribution in [3.63, 3.8) is 0 Å². The summed E-state index contributed by atoms with van der Waals surface area (Å²) in [5, 5.41) is 0.804. The molecular formula is C9H8N4O2. The van der Waals surface area contributed by atoms with Gasteiger partial charge in [0.2, 0.25) is 18.4 Å². The van der Waals surface area contributed by atoms with Crippen LogP contribution < -0.4 is 5.73 Å². The number of hydrogen-bond donors (Lipinski definition) is 2. The first-order valence-corrected chi connectivity index (χ1v) is 4.40. The molecule has 6 heteroatoms. The number of fused-ring (bicyclic) bond motifs is 1. The highest BCUT2D eigenvalue weighted by atomic mass is 16.7. The molecule has 0 aliphatic carbocycles. The molecule has 0 atom stereocenters. The zero-order valence-corrected chi connectivity index (χ0v) is 7.73. The lowest BCUT2D eigenvalue weighted by molar-refractivity contribution is 0.0999. The van der Waals surface area contributed by atoms with Gasteiger partial charge in [-0.1, -0.05) is 0 Å². The first-order chi connectivity index (χ1) is 7.34. The van der Waals surface area contributed by atoms with Crippen molar-refractivity contribution >= 4 is 22.6 Å². The van der Waals surface area contributed by atoms with Gasteiger partial charge in [0, 0.05) is 6.20 Å². The molecule has 15 heavy (non-hydrogen) atoms. The Labute approximate surface area is 84.7 Å². The molecule has 0 saturated heterocycles. The third-order valence-electron chi connectivity index (χ3n) is 2.14. The van der Waals surface area contributed by atoms with E-state index in [0.717, 1.165) is 5.39 Å². The summed E-state index contributed by atoms with van der Waals surface area (Å²) in [4.78, 5) is 11.4. The topological polar surface area (TPSA) is 86.1 Å². The Morgan fingerprint density at radius 1 is 1.40 bits per heavy atom. The zero-order chi connectivity index (χ0) is 10.3. The summed E-state index contributed by atoms with van der Waals surface area (Å²) in [5.74, 6) is 1.35. The van der Waals surface area contributed by atoms with Gasteiger partial charge >= 0.3 is 0 Å². The van der Waals surface area contributed by atoms with Crippen LogP contribution in [0.15, 0.2) is 18.5 Å². The number of ether oxygens (including phenoxy) is 2. The molecular weight excluding hydrogens is 196 g/mol. The van der Waals surface area contributed by atoms with Gasteiger partial charge in [0.1, 0.15) is 17.7 Å². The Bertz CT molecular complexity index is 546. The van der Waals surface area contributed by atoms with E-state index in [2.05, 4.69) is 15.0 Å². The summed E-state index contributed by atoms with van der Waals surface area (Å²) >= 11 is 0. The second-order valence-electron chi connectivity index (χ2n) is 3.08. The molecule has 0 aromatic carbocycles. The lowest BCUT2D eigenvalue weighted by atomic mass is 10.3. The van der Waals surface area contributed by atoms with Gasteiger partial charge in [-0.3, -0.25) is 0 Å². The van der Waals surface area contributed by atoms with Crippen LogP contribution in [0.1, 0.15) is 5.82 Å². The molecule has 0 unspecified atom stereocenters. The maximum Gasteiger partial charge on any atom is 0.230 e. The van der Waals surface area contributed by atoms with Crippen molar-refractivity contribution in [2.75, 3.05) is 12.5 Å². The van der Waals surface area contributed by atoms with Gasteiger partial charge < -0.3 is 20.2 Å². The molecule has 2 aromatic heterocycles. The van der Waals surface area contributed by atoms with Crippen LogP contribution >= 0.6 is 0 Å². The number of hydrogen-bond acceptors (Lipinski definition) is 5. The lowest BCUT2D eigenvalue weighted by Gasteiger charge is -2.01. The number of aromatic nitrogens is 3. The Morgan fingerprint density at radius 2 is 2.33 bits per heavy atom. The number of nitrogens with zero attached hydrogens (tertiary/aromatic N) is 2. The van der Waals surface area contributed by atoms with Crippen LogP contribution in [0.4, 0.5) is 5.82 Å². The summed E-state index contributed by atoms with van der Waals surface area (Å²) in [5.41, 5.74) is 6.46. The smallest absolute Gasteiger partial charge is 0.230 e. The summed E-state index contributed by atoms with van der Waals surface area (Å²) < 4.78 is 10.1. The predicted molar refractivity (Wildman–Crippen MR) is 53.3 cm³/mol. The normalized spacial score (nSPS) is 14.8. The third-order valence-corrected chi connectivity index (χ3v) is 2.14. The molecule has 3 N–H and O–H groups in total. The summed E-state index contributed by atoms with van der Waals surface area (Å²) in [6, 6.07) is 1.83. The number of nitrogens with two attached hydrogens (primary N) is 1. The molecule has 1 aliphatic rings. The highest BCUT2D eigenvalue weighted by Crippen LogP contribution is 2.22. The van der Waals surface area contributed by atoms with Crippen LogP contribution in [0.2, 0.25) is 0 Å². The van der Waals surface area contributed by atoms with Gasteiger partial charge in [0.25, 0.3) is 0 Å². The van der Waals surface area contributed by atoms with E-state index in [-0.39, 0.29) is 6.79 Å². The van der Waals surface area contributed by atoms with Gasteiger partial charge in [-0.05, 0) is 6.07 Å². The molecule has 3 heterocycles. The number of nitrogen functional groups attached to an aromatic ring is 1. The molecule has 2 aromatic rings. The number of rotatable bonds is 1. The molecule has 0 spiro atoms. The quantitative estimate of drug-likeness (QED) is 0.718. The van der Waals surface area contributed by atoms with E-state index in [4.69, 9.17) is 15.2 Å². The van der Waals surface area contributed by atoms with Crippen molar-refractivity contribution in [2.45, 2.75) is 0 Å². The molecule has 0 bridgehead atoms. The molecule has 0 radical (unpaired) electrons. The van der Waals surface area contributed by atoms with Crippen molar-refractivity contribution < 1.29 is 9.47 Å². The minimum atomic E-state index is 0.196. The molecule has 76 valence electrons. The molecule has 0 fully saturated rings. The van der Waals surface area contributed by atoms with Crippen LogP contribution in [-0.2, 0) is 9.47 Å². The Balaban J connectivity index is 2.19. The Hall–Kier alpha value is -2.24. The van der Waals surface area contributed by atoms with E-state index < -0.39 is 0 Å². The monoisotopic (exact) mass is 204 g/mol. The summed E-state index contributed by atoms with van der Waals surface area (Å²) in [6.07, 6.45) is 3.24. The maximum atomic E-state index is 5.77. The maximum absolute atomic E-state index is 5.77. The first-order valence-electron chi connectivity index (χ1n) is 4.40. The SMILES string of the molecule is Nc1nc(C2=COCO2)nc2[nH]ccc12. The minimum absolute atomic E-state index is 0.196. The fraction of sp³-hybridized carbons (Fsp3) is 0.111. The van der Waals surface area contributed by atoms with E-state index in [1.807, 2.05) is 6.07 Å². The number of nitrogens with one attached hydrogen (secondary N) is 1. The van der Waals surface area contributed by atoms with E-state index in [1.165, 1.54) is 6.26 Å². The number of aromatic amines is 1. The average molecular weight is 204 g/mol. The van der Waals surface area contributed by atoms with Gasteiger partial charge in [-0.15, -0.1) is 0 Å².